The van der Waals surface area contributed by atoms with Crippen LogP contribution < -0.4 is 14.8 Å². The Morgan fingerprint density at radius 3 is 2.53 bits per heavy atom. The van der Waals surface area contributed by atoms with Gasteiger partial charge in [0.05, 0.1) is 18.4 Å². The van der Waals surface area contributed by atoms with E-state index < -0.39 is 0 Å². The zero-order valence-corrected chi connectivity index (χ0v) is 19.5. The van der Waals surface area contributed by atoms with Gasteiger partial charge in [0, 0.05) is 21.4 Å². The lowest BCUT2D eigenvalue weighted by molar-refractivity contribution is 0.102. The van der Waals surface area contributed by atoms with Crippen LogP contribution in [0.25, 0.3) is 0 Å². The van der Waals surface area contributed by atoms with Crippen LogP contribution in [-0.2, 0) is 6.61 Å². The molecule has 0 radical (unpaired) electrons. The monoisotopic (exact) mass is 452 g/mol. The summed E-state index contributed by atoms with van der Waals surface area (Å²) in [5, 5.41) is 7.62. The van der Waals surface area contributed by atoms with Crippen LogP contribution in [0.4, 0.5) is 5.69 Å². The maximum absolute atomic E-state index is 12.8. The van der Waals surface area contributed by atoms with Crippen LogP contribution in [0.5, 0.6) is 11.5 Å². The average molecular weight is 453 g/mol. The average Bonchev–Trinajstić information content (AvgIpc) is 3.43. The van der Waals surface area contributed by atoms with Crippen LogP contribution in [0, 0.1) is 13.8 Å². The molecule has 32 heavy (non-hydrogen) atoms. The van der Waals surface area contributed by atoms with E-state index in [1.165, 1.54) is 30.6 Å². The summed E-state index contributed by atoms with van der Waals surface area (Å²) in [5.74, 6) is 1.58. The normalized spacial score (nSPS) is 13.8. The first kappa shape index (κ1) is 22.3. The van der Waals surface area contributed by atoms with E-state index in [-0.39, 0.29) is 5.91 Å². The van der Waals surface area contributed by atoms with Crippen LogP contribution in [0.15, 0.2) is 51.9 Å². The molecule has 2 aromatic carbocycles. The topological polar surface area (TPSA) is 73.6 Å². The number of nitrogens with zero attached hydrogens (tertiary/aromatic N) is 1. The molecular weight excluding hydrogens is 424 g/mol. The third-order valence-electron chi connectivity index (χ3n) is 5.70. The van der Waals surface area contributed by atoms with Gasteiger partial charge in [0.2, 0.25) is 0 Å². The molecule has 168 valence electrons. The van der Waals surface area contributed by atoms with Crippen molar-refractivity contribution in [3.8, 4) is 11.5 Å². The predicted molar refractivity (Wildman–Crippen MR) is 126 cm³/mol. The number of anilines is 1. The van der Waals surface area contributed by atoms with Gasteiger partial charge < -0.3 is 19.3 Å². The van der Waals surface area contributed by atoms with E-state index in [4.69, 9.17) is 14.0 Å². The number of hydrogen-bond donors (Lipinski definition) is 1. The van der Waals surface area contributed by atoms with E-state index in [9.17, 15) is 4.79 Å². The molecule has 6 nitrogen and oxygen atoms in total. The largest absolute Gasteiger partial charge is 0.493 e. The smallest absolute Gasteiger partial charge is 0.255 e. The molecule has 1 fully saturated rings. The molecule has 1 aliphatic rings. The van der Waals surface area contributed by atoms with E-state index in [0.717, 1.165) is 28.0 Å². The van der Waals surface area contributed by atoms with Crippen LogP contribution >= 0.6 is 11.8 Å². The van der Waals surface area contributed by atoms with Crippen LogP contribution in [0.1, 0.15) is 53.1 Å². The molecule has 0 unspecified atom stereocenters. The Morgan fingerprint density at radius 2 is 1.88 bits per heavy atom. The predicted octanol–water partition coefficient (Wildman–Crippen LogP) is 6.17. The lowest BCUT2D eigenvalue weighted by Gasteiger charge is -2.13. The summed E-state index contributed by atoms with van der Waals surface area (Å²) in [7, 11) is 1.56. The van der Waals surface area contributed by atoms with Gasteiger partial charge in [-0.2, -0.15) is 0 Å². The second-order valence-electron chi connectivity index (χ2n) is 7.96. The lowest BCUT2D eigenvalue weighted by atomic mass is 10.1. The molecule has 0 aliphatic heterocycles. The minimum atomic E-state index is -0.197. The van der Waals surface area contributed by atoms with E-state index in [0.29, 0.717) is 23.7 Å². The summed E-state index contributed by atoms with van der Waals surface area (Å²) < 4.78 is 16.5. The van der Waals surface area contributed by atoms with Crippen molar-refractivity contribution < 1.29 is 18.8 Å². The number of carbonyl (C=O) groups is 1. The number of nitrogens with one attached hydrogen (secondary N) is 1. The summed E-state index contributed by atoms with van der Waals surface area (Å²) >= 11 is 1.93. The standard InChI is InChI=1S/C25H28N2O4S/c1-16-22(17(2)31-27-16)15-30-23-13-8-18(14-24(23)29-3)25(28)26-19-9-11-21(12-10-19)32-20-6-4-5-7-20/h8-14,20H,4-7,15H2,1-3H3,(H,26,28). The number of thioether (sulfide) groups is 1. The number of amides is 1. The molecular formula is C25H28N2O4S. The highest BCUT2D eigenvalue weighted by Crippen LogP contribution is 2.35. The Bertz CT molecular complexity index is 1050. The Hall–Kier alpha value is -2.93. The van der Waals surface area contributed by atoms with Gasteiger partial charge in [-0.15, -0.1) is 11.8 Å². The van der Waals surface area contributed by atoms with E-state index >= 15 is 0 Å². The fourth-order valence-corrected chi connectivity index (χ4v) is 5.05. The highest BCUT2D eigenvalue weighted by molar-refractivity contribution is 8.00. The molecule has 1 aromatic heterocycles. The Balaban J connectivity index is 1.39. The van der Waals surface area contributed by atoms with Crippen molar-refractivity contribution >= 4 is 23.4 Å². The van der Waals surface area contributed by atoms with Crippen LogP contribution in [-0.4, -0.2) is 23.4 Å². The van der Waals surface area contributed by atoms with Gasteiger partial charge in [0.25, 0.3) is 5.91 Å². The molecule has 0 atom stereocenters. The molecule has 1 heterocycles. The first-order valence-corrected chi connectivity index (χ1v) is 11.7. The van der Waals surface area contributed by atoms with Crippen LogP contribution in [0.3, 0.4) is 0 Å². The highest BCUT2D eigenvalue weighted by atomic mass is 32.2. The summed E-state index contributed by atoms with van der Waals surface area (Å²) in [5.41, 5.74) is 2.97. The van der Waals surface area contributed by atoms with Crippen molar-refractivity contribution in [2.75, 3.05) is 12.4 Å². The molecule has 1 amide bonds. The number of methoxy groups -OCH3 is 1. The summed E-state index contributed by atoms with van der Waals surface area (Å²) in [6.07, 6.45) is 5.25. The molecule has 1 N–H and O–H groups in total. The molecule has 7 heteroatoms. The molecule has 3 aromatic rings. The van der Waals surface area contributed by atoms with Crippen molar-refractivity contribution in [2.24, 2.45) is 0 Å². The van der Waals surface area contributed by atoms with E-state index in [2.05, 4.69) is 22.6 Å². The van der Waals surface area contributed by atoms with Gasteiger partial charge in [-0.3, -0.25) is 4.79 Å². The van der Waals surface area contributed by atoms with Gasteiger partial charge in [0.15, 0.2) is 11.5 Å². The summed E-state index contributed by atoms with van der Waals surface area (Å²) in [6.45, 7) is 4.04. The van der Waals surface area contributed by atoms with Gasteiger partial charge in [-0.05, 0) is 69.2 Å². The van der Waals surface area contributed by atoms with Crippen molar-refractivity contribution in [1.82, 2.24) is 5.16 Å². The van der Waals surface area contributed by atoms with E-state index in [1.54, 1.807) is 25.3 Å². The maximum atomic E-state index is 12.8. The van der Waals surface area contributed by atoms with E-state index in [1.807, 2.05) is 37.7 Å². The summed E-state index contributed by atoms with van der Waals surface area (Å²) in [6, 6.07) is 13.2. The Labute approximate surface area is 192 Å². The Morgan fingerprint density at radius 1 is 1.12 bits per heavy atom. The molecule has 4 rings (SSSR count). The second kappa shape index (κ2) is 10.1. The number of hydrogen-bond acceptors (Lipinski definition) is 6. The lowest BCUT2D eigenvalue weighted by Crippen LogP contribution is -2.12. The second-order valence-corrected chi connectivity index (χ2v) is 9.33. The number of aromatic nitrogens is 1. The minimum Gasteiger partial charge on any atom is -0.493 e. The van der Waals surface area contributed by atoms with Crippen molar-refractivity contribution in [3.05, 3.63) is 65.0 Å². The van der Waals surface area contributed by atoms with Crippen molar-refractivity contribution in [1.29, 1.82) is 0 Å². The summed E-state index contributed by atoms with van der Waals surface area (Å²) in [4.78, 5) is 14.0. The SMILES string of the molecule is COc1cc(C(=O)Nc2ccc(SC3CCCC3)cc2)ccc1OCc1c(C)noc1C. The molecule has 1 aliphatic carbocycles. The molecule has 0 bridgehead atoms. The minimum absolute atomic E-state index is 0.197. The van der Waals surface area contributed by atoms with Crippen LogP contribution in [0.2, 0.25) is 0 Å². The van der Waals surface area contributed by atoms with Crippen molar-refractivity contribution in [3.63, 3.8) is 0 Å². The van der Waals surface area contributed by atoms with Gasteiger partial charge >= 0.3 is 0 Å². The molecule has 0 saturated heterocycles. The first-order valence-electron chi connectivity index (χ1n) is 10.8. The maximum Gasteiger partial charge on any atom is 0.255 e. The number of aryl methyl sites for hydroxylation is 2. The van der Waals surface area contributed by atoms with Gasteiger partial charge in [0.1, 0.15) is 12.4 Å². The zero-order valence-electron chi connectivity index (χ0n) is 18.6. The van der Waals surface area contributed by atoms with Crippen molar-refractivity contribution in [2.45, 2.75) is 56.3 Å². The Kier molecular flexibility index (Phi) is 7.05. The van der Waals surface area contributed by atoms with Gasteiger partial charge in [-0.25, -0.2) is 0 Å². The highest BCUT2D eigenvalue weighted by Gasteiger charge is 2.17. The number of ether oxygens (including phenoxy) is 2. The third kappa shape index (κ3) is 5.27. The quantitative estimate of drug-likeness (QED) is 0.441. The first-order chi connectivity index (χ1) is 15.5. The number of carbonyl (C=O) groups excluding carboxylic acids is 1. The fraction of sp³-hybridized carbons (Fsp3) is 0.360. The number of rotatable bonds is 8. The zero-order chi connectivity index (χ0) is 22.5. The molecule has 0 spiro atoms. The molecule has 1 saturated carbocycles. The number of benzene rings is 2. The third-order valence-corrected chi connectivity index (χ3v) is 7.05. The van der Waals surface area contributed by atoms with Gasteiger partial charge in [-0.1, -0.05) is 18.0 Å². The fourth-order valence-electron chi connectivity index (χ4n) is 3.80.